The van der Waals surface area contributed by atoms with Gasteiger partial charge in [0, 0.05) is 16.9 Å². The average molecular weight is 349 g/mol. The molecule has 0 aliphatic carbocycles. The number of benzene rings is 1. The average Bonchev–Trinajstić information content (AvgIpc) is 2.41. The van der Waals surface area contributed by atoms with E-state index in [-0.39, 0.29) is 10.8 Å². The second-order valence-corrected chi connectivity index (χ2v) is 5.79. The fourth-order valence-electron chi connectivity index (χ4n) is 2.16. The zero-order chi connectivity index (χ0) is 16.7. The summed E-state index contributed by atoms with van der Waals surface area (Å²) >= 11 is 12.1. The molecule has 7 heteroatoms. The molecule has 118 valence electrons. The highest BCUT2D eigenvalue weighted by Crippen LogP contribution is 2.36. The molecule has 0 unspecified atom stereocenters. The second kappa shape index (κ2) is 5.97. The van der Waals surface area contributed by atoms with Gasteiger partial charge in [-0.2, -0.15) is 13.2 Å². The molecule has 0 radical (unpaired) electrons. The van der Waals surface area contributed by atoms with Crippen LogP contribution in [0.25, 0.3) is 0 Å². The molecule has 2 aromatic rings. The zero-order valence-electron chi connectivity index (χ0n) is 12.1. The van der Waals surface area contributed by atoms with Crippen molar-refractivity contribution >= 4 is 34.7 Å². The standard InChI is InChI=1S/C15H13Cl2F3N2/c1-7-4-8(2)13(9(3)12(7)17)22-14-11(16)5-10(6-21-14)15(18,19)20/h4-6H,1-3H3,(H,21,22). The molecular weight excluding hydrogens is 336 g/mol. The molecular formula is C15H13Cl2F3N2. The number of nitrogens with zero attached hydrogens (tertiary/aromatic N) is 1. The molecule has 0 saturated heterocycles. The minimum absolute atomic E-state index is 0.106. The Hall–Kier alpha value is -1.46. The first-order chi connectivity index (χ1) is 10.1. The Morgan fingerprint density at radius 1 is 1.05 bits per heavy atom. The normalized spacial score (nSPS) is 11.6. The first-order valence-electron chi connectivity index (χ1n) is 6.37. The van der Waals surface area contributed by atoms with Crippen molar-refractivity contribution in [2.75, 3.05) is 5.32 Å². The number of hydrogen-bond acceptors (Lipinski definition) is 2. The molecule has 1 N–H and O–H groups in total. The van der Waals surface area contributed by atoms with Crippen LogP contribution in [0.1, 0.15) is 22.3 Å². The van der Waals surface area contributed by atoms with Crippen molar-refractivity contribution in [2.24, 2.45) is 0 Å². The van der Waals surface area contributed by atoms with Crippen LogP contribution >= 0.6 is 23.2 Å². The minimum Gasteiger partial charge on any atom is -0.339 e. The van der Waals surface area contributed by atoms with Gasteiger partial charge >= 0.3 is 6.18 Å². The molecule has 0 atom stereocenters. The summed E-state index contributed by atoms with van der Waals surface area (Å²) in [5.41, 5.74) is 2.41. The number of anilines is 2. The highest BCUT2D eigenvalue weighted by molar-refractivity contribution is 6.33. The lowest BCUT2D eigenvalue weighted by Gasteiger charge is -2.16. The highest BCUT2D eigenvalue weighted by atomic mass is 35.5. The van der Waals surface area contributed by atoms with Crippen molar-refractivity contribution in [2.45, 2.75) is 26.9 Å². The van der Waals surface area contributed by atoms with Crippen molar-refractivity contribution in [1.29, 1.82) is 0 Å². The minimum atomic E-state index is -4.48. The van der Waals surface area contributed by atoms with E-state index < -0.39 is 11.7 Å². The molecule has 0 saturated carbocycles. The smallest absolute Gasteiger partial charge is 0.339 e. The summed E-state index contributed by atoms with van der Waals surface area (Å²) in [5.74, 6) is 0.154. The molecule has 0 aliphatic heterocycles. The zero-order valence-corrected chi connectivity index (χ0v) is 13.6. The van der Waals surface area contributed by atoms with Crippen LogP contribution in [0.15, 0.2) is 18.3 Å². The molecule has 1 aromatic heterocycles. The third-order valence-corrected chi connectivity index (χ3v) is 4.16. The van der Waals surface area contributed by atoms with Gasteiger partial charge in [0.25, 0.3) is 0 Å². The van der Waals surface area contributed by atoms with Gasteiger partial charge < -0.3 is 5.32 Å². The maximum atomic E-state index is 12.6. The fourth-order valence-corrected chi connectivity index (χ4v) is 2.52. The van der Waals surface area contributed by atoms with Crippen LogP contribution < -0.4 is 5.32 Å². The van der Waals surface area contributed by atoms with Crippen molar-refractivity contribution < 1.29 is 13.2 Å². The van der Waals surface area contributed by atoms with Crippen LogP contribution in [0.2, 0.25) is 10.0 Å². The Balaban J connectivity index is 2.43. The Morgan fingerprint density at radius 2 is 1.68 bits per heavy atom. The van der Waals surface area contributed by atoms with Gasteiger partial charge in [-0.3, -0.25) is 0 Å². The largest absolute Gasteiger partial charge is 0.417 e. The monoisotopic (exact) mass is 348 g/mol. The predicted molar refractivity (Wildman–Crippen MR) is 83.2 cm³/mol. The van der Waals surface area contributed by atoms with E-state index in [1.54, 1.807) is 0 Å². The van der Waals surface area contributed by atoms with E-state index in [4.69, 9.17) is 23.2 Å². The first-order valence-corrected chi connectivity index (χ1v) is 7.13. The van der Waals surface area contributed by atoms with Crippen molar-refractivity contribution in [1.82, 2.24) is 4.98 Å². The van der Waals surface area contributed by atoms with Crippen LogP contribution in [0.5, 0.6) is 0 Å². The molecule has 22 heavy (non-hydrogen) atoms. The first kappa shape index (κ1) is 16.9. The summed E-state index contributed by atoms with van der Waals surface area (Å²) in [6, 6.07) is 2.73. The lowest BCUT2D eigenvalue weighted by atomic mass is 10.0. The number of alkyl halides is 3. The number of halogens is 5. The Morgan fingerprint density at radius 3 is 2.23 bits per heavy atom. The van der Waals surface area contributed by atoms with Crippen molar-refractivity contribution in [3.05, 3.63) is 50.6 Å². The van der Waals surface area contributed by atoms with Gasteiger partial charge in [0.2, 0.25) is 0 Å². The van der Waals surface area contributed by atoms with Gasteiger partial charge in [-0.05, 0) is 43.5 Å². The summed E-state index contributed by atoms with van der Waals surface area (Å²) in [4.78, 5) is 3.77. The van der Waals surface area contributed by atoms with Gasteiger partial charge in [0.1, 0.15) is 5.82 Å². The Kier molecular flexibility index (Phi) is 4.59. The molecule has 2 rings (SSSR count). The number of rotatable bonds is 2. The summed E-state index contributed by atoms with van der Waals surface area (Å²) in [5, 5.41) is 3.45. The van der Waals surface area contributed by atoms with E-state index >= 15 is 0 Å². The lowest BCUT2D eigenvalue weighted by molar-refractivity contribution is -0.137. The molecule has 0 bridgehead atoms. The van der Waals surface area contributed by atoms with Crippen LogP contribution in [0.3, 0.4) is 0 Å². The number of aryl methyl sites for hydroxylation is 2. The van der Waals surface area contributed by atoms with Gasteiger partial charge in [0.15, 0.2) is 0 Å². The molecule has 1 heterocycles. The predicted octanol–water partition coefficient (Wildman–Crippen LogP) is 6.08. The third-order valence-electron chi connectivity index (χ3n) is 3.29. The van der Waals surface area contributed by atoms with Gasteiger partial charge in [0.05, 0.1) is 10.6 Å². The number of aromatic nitrogens is 1. The number of hydrogen-bond donors (Lipinski definition) is 1. The SMILES string of the molecule is Cc1cc(C)c(Nc2ncc(C(F)(F)F)cc2Cl)c(C)c1Cl. The quantitative estimate of drug-likeness (QED) is 0.711. The number of pyridine rings is 1. The molecule has 1 aromatic carbocycles. The van der Waals surface area contributed by atoms with E-state index in [1.165, 1.54) is 0 Å². The third kappa shape index (κ3) is 3.31. The maximum absolute atomic E-state index is 12.6. The van der Waals surface area contributed by atoms with E-state index in [0.717, 1.165) is 29.0 Å². The maximum Gasteiger partial charge on any atom is 0.417 e. The topological polar surface area (TPSA) is 24.9 Å². The molecule has 0 spiro atoms. The van der Waals surface area contributed by atoms with Crippen molar-refractivity contribution in [3.8, 4) is 0 Å². The Bertz CT molecular complexity index is 728. The molecule has 2 nitrogen and oxygen atoms in total. The van der Waals surface area contributed by atoms with Gasteiger partial charge in [-0.25, -0.2) is 4.98 Å². The van der Waals surface area contributed by atoms with Crippen LogP contribution in [0.4, 0.5) is 24.7 Å². The summed E-state index contributed by atoms with van der Waals surface area (Å²) in [6.45, 7) is 5.58. The van der Waals surface area contributed by atoms with Gasteiger partial charge in [-0.1, -0.05) is 29.3 Å². The Labute approximate surface area is 136 Å². The van der Waals surface area contributed by atoms with Crippen LogP contribution in [0, 0.1) is 20.8 Å². The van der Waals surface area contributed by atoms with Crippen molar-refractivity contribution in [3.63, 3.8) is 0 Å². The van der Waals surface area contributed by atoms with E-state index in [9.17, 15) is 13.2 Å². The lowest BCUT2D eigenvalue weighted by Crippen LogP contribution is -2.07. The van der Waals surface area contributed by atoms with E-state index in [1.807, 2.05) is 26.8 Å². The summed E-state index contributed by atoms with van der Waals surface area (Å²) in [6.07, 6.45) is -3.73. The van der Waals surface area contributed by atoms with E-state index in [2.05, 4.69) is 10.3 Å². The van der Waals surface area contributed by atoms with Gasteiger partial charge in [-0.15, -0.1) is 0 Å². The van der Waals surface area contributed by atoms with Crippen LogP contribution in [-0.4, -0.2) is 4.98 Å². The summed E-state index contributed by atoms with van der Waals surface area (Å²) < 4.78 is 37.8. The fraction of sp³-hybridized carbons (Fsp3) is 0.267. The van der Waals surface area contributed by atoms with E-state index in [0.29, 0.717) is 10.7 Å². The molecule has 0 amide bonds. The summed E-state index contributed by atoms with van der Waals surface area (Å²) in [7, 11) is 0. The highest BCUT2D eigenvalue weighted by Gasteiger charge is 2.31. The molecule has 0 fully saturated rings. The van der Waals surface area contributed by atoms with Crippen LogP contribution in [-0.2, 0) is 6.18 Å². The molecule has 0 aliphatic rings. The number of nitrogens with one attached hydrogen (secondary N) is 1. The second-order valence-electron chi connectivity index (χ2n) is 5.00.